The molecule has 0 aliphatic carbocycles. The van der Waals surface area contributed by atoms with Crippen LogP contribution in [0.2, 0.25) is 0 Å². The van der Waals surface area contributed by atoms with Gasteiger partial charge in [-0.05, 0) is 24.3 Å². The smallest absolute Gasteiger partial charge is 0.251 e. The van der Waals surface area contributed by atoms with E-state index in [0.29, 0.717) is 11.3 Å². The molecule has 0 unspecified atom stereocenters. The summed E-state index contributed by atoms with van der Waals surface area (Å²) in [5.41, 5.74) is 5.47. The fraction of sp³-hybridized carbons (Fsp3) is 0.273. The fourth-order valence-electron chi connectivity index (χ4n) is 1.14. The van der Waals surface area contributed by atoms with Gasteiger partial charge in [0.05, 0.1) is 7.11 Å². The summed E-state index contributed by atoms with van der Waals surface area (Å²) in [6, 6.07) is 6.70. The van der Waals surface area contributed by atoms with Crippen LogP contribution in [0.4, 0.5) is 0 Å². The van der Waals surface area contributed by atoms with E-state index in [0.717, 1.165) is 0 Å². The molecule has 5 nitrogen and oxygen atoms in total. The molecule has 0 aliphatic rings. The normalized spacial score (nSPS) is 9.56. The summed E-state index contributed by atoms with van der Waals surface area (Å²) >= 11 is 0. The molecule has 0 spiro atoms. The summed E-state index contributed by atoms with van der Waals surface area (Å²) in [5, 5.41) is 2.59. The molecule has 0 aromatic heterocycles. The van der Waals surface area contributed by atoms with Crippen molar-refractivity contribution in [3.63, 3.8) is 0 Å². The summed E-state index contributed by atoms with van der Waals surface area (Å²) in [5.74, 6) is 0.0209. The van der Waals surface area contributed by atoms with Crippen LogP contribution in [0.25, 0.3) is 0 Å². The minimum Gasteiger partial charge on any atom is -0.497 e. The van der Waals surface area contributed by atoms with Gasteiger partial charge in [-0.3, -0.25) is 9.59 Å². The predicted octanol–water partition coefficient (Wildman–Crippen LogP) is 0.300. The van der Waals surface area contributed by atoms with Crippen molar-refractivity contribution >= 4 is 11.8 Å². The van der Waals surface area contributed by atoms with Gasteiger partial charge in [-0.25, -0.2) is 0 Å². The van der Waals surface area contributed by atoms with Gasteiger partial charge < -0.3 is 15.8 Å². The number of carbonyl (C=O) groups is 2. The van der Waals surface area contributed by atoms with Gasteiger partial charge in [0.25, 0.3) is 5.91 Å². The van der Waals surface area contributed by atoms with Gasteiger partial charge in [-0.2, -0.15) is 0 Å². The van der Waals surface area contributed by atoms with E-state index in [-0.39, 0.29) is 18.9 Å². The molecule has 1 rings (SSSR count). The van der Waals surface area contributed by atoms with Gasteiger partial charge in [0, 0.05) is 18.5 Å². The second-order valence-corrected chi connectivity index (χ2v) is 3.20. The van der Waals surface area contributed by atoms with E-state index in [1.807, 2.05) is 0 Å². The van der Waals surface area contributed by atoms with Crippen molar-refractivity contribution in [2.45, 2.75) is 6.42 Å². The van der Waals surface area contributed by atoms with E-state index in [1.54, 1.807) is 31.4 Å². The second-order valence-electron chi connectivity index (χ2n) is 3.20. The lowest BCUT2D eigenvalue weighted by Gasteiger charge is -2.04. The van der Waals surface area contributed by atoms with Crippen LogP contribution in [0.15, 0.2) is 24.3 Å². The average molecular weight is 222 g/mol. The molecule has 0 saturated heterocycles. The van der Waals surface area contributed by atoms with Gasteiger partial charge in [-0.15, -0.1) is 0 Å². The Hall–Kier alpha value is -2.04. The minimum absolute atomic E-state index is 0.141. The molecular weight excluding hydrogens is 208 g/mol. The van der Waals surface area contributed by atoms with Crippen LogP contribution in [0.5, 0.6) is 5.75 Å². The zero-order chi connectivity index (χ0) is 12.0. The Bertz CT molecular complexity index is 373. The van der Waals surface area contributed by atoms with Crippen LogP contribution in [-0.2, 0) is 4.79 Å². The number of hydrogen-bond acceptors (Lipinski definition) is 3. The molecule has 86 valence electrons. The van der Waals surface area contributed by atoms with E-state index in [2.05, 4.69) is 5.32 Å². The molecule has 2 amide bonds. The molecule has 0 aliphatic heterocycles. The van der Waals surface area contributed by atoms with E-state index in [4.69, 9.17) is 10.5 Å². The topological polar surface area (TPSA) is 81.4 Å². The molecule has 0 bridgehead atoms. The molecular formula is C11H14N2O3. The monoisotopic (exact) mass is 222 g/mol. The Morgan fingerprint density at radius 2 is 1.94 bits per heavy atom. The van der Waals surface area contributed by atoms with E-state index in [1.165, 1.54) is 0 Å². The van der Waals surface area contributed by atoms with Crippen LogP contribution in [0, 0.1) is 0 Å². The van der Waals surface area contributed by atoms with E-state index >= 15 is 0 Å². The maximum atomic E-state index is 11.5. The third-order valence-corrected chi connectivity index (χ3v) is 2.01. The third-order valence-electron chi connectivity index (χ3n) is 2.01. The van der Waals surface area contributed by atoms with E-state index in [9.17, 15) is 9.59 Å². The minimum atomic E-state index is -0.435. The average Bonchev–Trinajstić information content (AvgIpc) is 2.28. The van der Waals surface area contributed by atoms with Crippen molar-refractivity contribution in [2.24, 2.45) is 5.73 Å². The Labute approximate surface area is 93.6 Å². The van der Waals surface area contributed by atoms with Crippen molar-refractivity contribution in [1.82, 2.24) is 5.32 Å². The highest BCUT2D eigenvalue weighted by Crippen LogP contribution is 2.10. The molecule has 0 atom stereocenters. The fourth-order valence-corrected chi connectivity index (χ4v) is 1.14. The SMILES string of the molecule is COc1ccc(C(=O)NCCC(N)=O)cc1. The summed E-state index contributed by atoms with van der Waals surface area (Å²) in [4.78, 5) is 22.0. The van der Waals surface area contributed by atoms with Gasteiger partial charge in [0.15, 0.2) is 0 Å². The van der Waals surface area contributed by atoms with Gasteiger partial charge in [0.1, 0.15) is 5.75 Å². The first-order valence-electron chi connectivity index (χ1n) is 4.84. The van der Waals surface area contributed by atoms with Crippen LogP contribution in [0.3, 0.4) is 0 Å². The first kappa shape index (κ1) is 12.0. The highest BCUT2D eigenvalue weighted by atomic mass is 16.5. The lowest BCUT2D eigenvalue weighted by Crippen LogP contribution is -2.27. The molecule has 0 fully saturated rings. The molecule has 5 heteroatoms. The number of primary amides is 1. The van der Waals surface area contributed by atoms with Gasteiger partial charge in [0.2, 0.25) is 5.91 Å². The molecule has 1 aromatic rings. The highest BCUT2D eigenvalue weighted by Gasteiger charge is 2.05. The molecule has 3 N–H and O–H groups in total. The highest BCUT2D eigenvalue weighted by molar-refractivity contribution is 5.94. The lowest BCUT2D eigenvalue weighted by atomic mass is 10.2. The third kappa shape index (κ3) is 3.61. The Morgan fingerprint density at radius 1 is 1.31 bits per heavy atom. The molecule has 1 aromatic carbocycles. The number of nitrogens with two attached hydrogens (primary N) is 1. The Kier molecular flexibility index (Phi) is 4.32. The van der Waals surface area contributed by atoms with Crippen LogP contribution in [0.1, 0.15) is 16.8 Å². The number of nitrogens with one attached hydrogen (secondary N) is 1. The summed E-state index contributed by atoms with van der Waals surface area (Å²) < 4.78 is 4.97. The van der Waals surface area contributed by atoms with Crippen molar-refractivity contribution < 1.29 is 14.3 Å². The second kappa shape index (κ2) is 5.75. The number of benzene rings is 1. The van der Waals surface area contributed by atoms with Crippen molar-refractivity contribution in [1.29, 1.82) is 0 Å². The standard InChI is InChI=1S/C11H14N2O3/c1-16-9-4-2-8(3-5-9)11(15)13-7-6-10(12)14/h2-5H,6-7H2,1H3,(H2,12,14)(H,13,15). The Morgan fingerprint density at radius 3 is 2.44 bits per heavy atom. The number of rotatable bonds is 5. The van der Waals surface area contributed by atoms with Gasteiger partial charge in [-0.1, -0.05) is 0 Å². The Balaban J connectivity index is 2.49. The maximum Gasteiger partial charge on any atom is 0.251 e. The summed E-state index contributed by atoms with van der Waals surface area (Å²) in [6.45, 7) is 0.250. The van der Waals surface area contributed by atoms with Crippen LogP contribution in [-0.4, -0.2) is 25.5 Å². The zero-order valence-electron chi connectivity index (χ0n) is 9.03. The maximum absolute atomic E-state index is 11.5. The number of methoxy groups -OCH3 is 1. The van der Waals surface area contributed by atoms with Crippen LogP contribution >= 0.6 is 0 Å². The van der Waals surface area contributed by atoms with Crippen LogP contribution < -0.4 is 15.8 Å². The van der Waals surface area contributed by atoms with Crippen molar-refractivity contribution in [3.8, 4) is 5.75 Å². The molecule has 0 heterocycles. The summed E-state index contributed by atoms with van der Waals surface area (Å²) in [6.07, 6.45) is 0.141. The predicted molar refractivity (Wildman–Crippen MR) is 59.1 cm³/mol. The zero-order valence-corrected chi connectivity index (χ0v) is 9.03. The number of ether oxygens (including phenoxy) is 1. The molecule has 16 heavy (non-hydrogen) atoms. The van der Waals surface area contributed by atoms with Crippen molar-refractivity contribution in [3.05, 3.63) is 29.8 Å². The first-order valence-corrected chi connectivity index (χ1v) is 4.84. The van der Waals surface area contributed by atoms with Crippen molar-refractivity contribution in [2.75, 3.05) is 13.7 Å². The number of amides is 2. The lowest BCUT2D eigenvalue weighted by molar-refractivity contribution is -0.117. The van der Waals surface area contributed by atoms with Gasteiger partial charge >= 0.3 is 0 Å². The quantitative estimate of drug-likeness (QED) is 0.751. The largest absolute Gasteiger partial charge is 0.497 e. The molecule has 0 saturated carbocycles. The number of carbonyl (C=O) groups excluding carboxylic acids is 2. The summed E-state index contributed by atoms with van der Waals surface area (Å²) in [7, 11) is 1.56. The number of hydrogen-bond donors (Lipinski definition) is 2. The van der Waals surface area contributed by atoms with E-state index < -0.39 is 5.91 Å². The molecule has 0 radical (unpaired) electrons. The first-order chi connectivity index (χ1) is 7.63.